The van der Waals surface area contributed by atoms with Gasteiger partial charge in [-0.05, 0) is 34.7 Å². The van der Waals surface area contributed by atoms with Crippen molar-refractivity contribution in [2.75, 3.05) is 5.32 Å². The fourth-order valence-electron chi connectivity index (χ4n) is 1.92. The minimum absolute atomic E-state index is 0.460. The van der Waals surface area contributed by atoms with Gasteiger partial charge >= 0.3 is 0 Å². The number of nitrogens with zero attached hydrogens (tertiary/aromatic N) is 1. The van der Waals surface area contributed by atoms with E-state index in [9.17, 15) is 4.39 Å². The number of benzene rings is 1. The van der Waals surface area contributed by atoms with Crippen molar-refractivity contribution in [1.82, 2.24) is 4.98 Å². The molecule has 0 saturated heterocycles. The summed E-state index contributed by atoms with van der Waals surface area (Å²) in [6, 6.07) is 15.5. The second-order valence-electron chi connectivity index (χ2n) is 4.39. The molecule has 2 nitrogen and oxygen atoms in total. The van der Waals surface area contributed by atoms with E-state index in [1.807, 2.05) is 18.2 Å². The van der Waals surface area contributed by atoms with Crippen molar-refractivity contribution in [3.8, 4) is 11.1 Å². The summed E-state index contributed by atoms with van der Waals surface area (Å²) in [5, 5.41) is 5.38. The minimum atomic E-state index is -0.460. The van der Waals surface area contributed by atoms with Gasteiger partial charge in [0.05, 0.1) is 11.9 Å². The van der Waals surface area contributed by atoms with Gasteiger partial charge in [-0.3, -0.25) is 0 Å². The number of hydrogen-bond acceptors (Lipinski definition) is 3. The van der Waals surface area contributed by atoms with Gasteiger partial charge in [-0.15, -0.1) is 11.3 Å². The fraction of sp³-hybridized carbons (Fsp3) is 0.0625. The fourth-order valence-corrected chi connectivity index (χ4v) is 2.76. The van der Waals surface area contributed by atoms with E-state index in [-0.39, 0.29) is 0 Å². The lowest BCUT2D eigenvalue weighted by molar-refractivity contribution is 0.584. The molecule has 0 fully saturated rings. The first-order valence-corrected chi connectivity index (χ1v) is 7.17. The zero-order chi connectivity index (χ0) is 13.8. The molecule has 2 heterocycles. The van der Waals surface area contributed by atoms with Gasteiger partial charge in [-0.1, -0.05) is 30.3 Å². The summed E-state index contributed by atoms with van der Waals surface area (Å²) in [5.41, 5.74) is 3.27. The molecule has 1 N–H and O–H groups in total. The third kappa shape index (κ3) is 3.03. The molecule has 0 aliphatic rings. The van der Waals surface area contributed by atoms with Gasteiger partial charge in [0.25, 0.3) is 0 Å². The number of anilines is 1. The summed E-state index contributed by atoms with van der Waals surface area (Å²) >= 11 is 1.71. The van der Waals surface area contributed by atoms with Crippen molar-refractivity contribution in [2.45, 2.75) is 6.54 Å². The molecule has 0 bridgehead atoms. The van der Waals surface area contributed by atoms with Crippen molar-refractivity contribution in [3.05, 3.63) is 70.9 Å². The van der Waals surface area contributed by atoms with E-state index in [0.29, 0.717) is 6.54 Å². The third-order valence-corrected chi connectivity index (χ3v) is 3.89. The van der Waals surface area contributed by atoms with E-state index in [4.69, 9.17) is 0 Å². The lowest BCUT2D eigenvalue weighted by Crippen LogP contribution is -1.98. The molecule has 100 valence electrons. The molecule has 20 heavy (non-hydrogen) atoms. The molecule has 0 amide bonds. The second-order valence-corrected chi connectivity index (χ2v) is 5.39. The van der Waals surface area contributed by atoms with Gasteiger partial charge in [-0.2, -0.15) is 4.39 Å². The molecule has 3 rings (SSSR count). The molecule has 0 radical (unpaired) electrons. The average Bonchev–Trinajstić information content (AvgIpc) is 2.97. The molecule has 0 aliphatic heterocycles. The number of halogens is 1. The summed E-state index contributed by atoms with van der Waals surface area (Å²) < 4.78 is 12.7. The molecule has 3 aromatic rings. The highest BCUT2D eigenvalue weighted by molar-refractivity contribution is 7.10. The summed E-state index contributed by atoms with van der Waals surface area (Å²) in [6.07, 6.45) is 1.50. The van der Waals surface area contributed by atoms with Crippen LogP contribution in [0.3, 0.4) is 0 Å². The first-order chi connectivity index (χ1) is 9.81. The van der Waals surface area contributed by atoms with Crippen LogP contribution in [0, 0.1) is 5.95 Å². The van der Waals surface area contributed by atoms with Gasteiger partial charge in [0.15, 0.2) is 0 Å². The topological polar surface area (TPSA) is 24.9 Å². The Hall–Kier alpha value is -2.20. The van der Waals surface area contributed by atoms with E-state index < -0.39 is 5.95 Å². The van der Waals surface area contributed by atoms with Crippen LogP contribution >= 0.6 is 11.3 Å². The zero-order valence-electron chi connectivity index (χ0n) is 10.7. The molecule has 0 spiro atoms. The third-order valence-electron chi connectivity index (χ3n) is 2.96. The summed E-state index contributed by atoms with van der Waals surface area (Å²) in [4.78, 5) is 4.85. The molecule has 4 heteroatoms. The van der Waals surface area contributed by atoms with E-state index in [2.05, 4.69) is 33.9 Å². The molecular weight excluding hydrogens is 271 g/mol. The van der Waals surface area contributed by atoms with Crippen LogP contribution in [-0.4, -0.2) is 4.98 Å². The van der Waals surface area contributed by atoms with E-state index in [1.54, 1.807) is 17.4 Å². The zero-order valence-corrected chi connectivity index (χ0v) is 11.5. The number of thiophene rings is 1. The van der Waals surface area contributed by atoms with Crippen molar-refractivity contribution in [3.63, 3.8) is 0 Å². The average molecular weight is 284 g/mol. The van der Waals surface area contributed by atoms with Crippen molar-refractivity contribution >= 4 is 17.0 Å². The largest absolute Gasteiger partial charge is 0.379 e. The van der Waals surface area contributed by atoms with E-state index in [0.717, 1.165) is 5.69 Å². The molecule has 0 unspecified atom stereocenters. The normalized spacial score (nSPS) is 10.4. The maximum Gasteiger partial charge on any atom is 0.212 e. The van der Waals surface area contributed by atoms with Crippen LogP contribution in [0.25, 0.3) is 11.1 Å². The number of pyridine rings is 1. The van der Waals surface area contributed by atoms with Crippen LogP contribution in [0.5, 0.6) is 0 Å². The van der Waals surface area contributed by atoms with E-state index in [1.165, 1.54) is 28.3 Å². The number of aromatic nitrogens is 1. The maximum absolute atomic E-state index is 12.7. The highest BCUT2D eigenvalue weighted by Gasteiger charge is 2.02. The lowest BCUT2D eigenvalue weighted by atomic mass is 10.1. The maximum atomic E-state index is 12.7. The van der Waals surface area contributed by atoms with E-state index >= 15 is 0 Å². The van der Waals surface area contributed by atoms with Crippen molar-refractivity contribution in [2.24, 2.45) is 0 Å². The standard InChI is InChI=1S/C16H13FN2S/c17-16-7-6-14(9-19-16)18-10-15-8-13(11-20-15)12-4-2-1-3-5-12/h1-9,11,18H,10H2. The minimum Gasteiger partial charge on any atom is -0.379 e. The molecule has 0 saturated carbocycles. The van der Waals surface area contributed by atoms with Gasteiger partial charge in [0, 0.05) is 11.4 Å². The Morgan fingerprint density at radius 3 is 2.65 bits per heavy atom. The molecule has 0 aliphatic carbocycles. The van der Waals surface area contributed by atoms with Crippen LogP contribution in [-0.2, 0) is 6.54 Å². The second kappa shape index (κ2) is 5.84. The predicted molar refractivity (Wildman–Crippen MR) is 81.3 cm³/mol. The summed E-state index contributed by atoms with van der Waals surface area (Å²) in [7, 11) is 0. The quantitative estimate of drug-likeness (QED) is 0.710. The Balaban J connectivity index is 1.67. The Kier molecular flexibility index (Phi) is 3.74. The first-order valence-electron chi connectivity index (χ1n) is 6.29. The van der Waals surface area contributed by atoms with Crippen molar-refractivity contribution in [1.29, 1.82) is 0 Å². The van der Waals surface area contributed by atoms with Crippen molar-refractivity contribution < 1.29 is 4.39 Å². The Morgan fingerprint density at radius 2 is 1.90 bits per heavy atom. The van der Waals surface area contributed by atoms with Gasteiger partial charge in [0.1, 0.15) is 0 Å². The lowest BCUT2D eigenvalue weighted by Gasteiger charge is -2.03. The van der Waals surface area contributed by atoms with Crippen LogP contribution in [0.4, 0.5) is 10.1 Å². The summed E-state index contributed by atoms with van der Waals surface area (Å²) in [6.45, 7) is 0.713. The smallest absolute Gasteiger partial charge is 0.212 e. The number of hydrogen-bond donors (Lipinski definition) is 1. The Morgan fingerprint density at radius 1 is 1.05 bits per heavy atom. The first kappa shape index (κ1) is 12.8. The van der Waals surface area contributed by atoms with Gasteiger partial charge in [0.2, 0.25) is 5.95 Å². The van der Waals surface area contributed by atoms with Gasteiger partial charge in [-0.25, -0.2) is 4.98 Å². The molecule has 1 aromatic carbocycles. The van der Waals surface area contributed by atoms with Crippen LogP contribution in [0.1, 0.15) is 4.88 Å². The monoisotopic (exact) mass is 284 g/mol. The number of nitrogens with one attached hydrogen (secondary N) is 1. The predicted octanol–water partition coefficient (Wildman–Crippen LogP) is 4.56. The van der Waals surface area contributed by atoms with Crippen LogP contribution in [0.15, 0.2) is 60.1 Å². The summed E-state index contributed by atoms with van der Waals surface area (Å²) in [5.74, 6) is -0.460. The number of rotatable bonds is 4. The highest BCUT2D eigenvalue weighted by Crippen LogP contribution is 2.25. The Labute approximate surface area is 120 Å². The Bertz CT molecular complexity index is 677. The SMILES string of the molecule is Fc1ccc(NCc2cc(-c3ccccc3)cs2)cn1. The highest BCUT2D eigenvalue weighted by atomic mass is 32.1. The molecular formula is C16H13FN2S. The van der Waals surface area contributed by atoms with Crippen LogP contribution in [0.2, 0.25) is 0 Å². The van der Waals surface area contributed by atoms with Crippen LogP contribution < -0.4 is 5.32 Å². The molecule has 2 aromatic heterocycles. The van der Waals surface area contributed by atoms with Gasteiger partial charge < -0.3 is 5.32 Å². The molecule has 0 atom stereocenters.